The Balaban J connectivity index is 1.84. The summed E-state index contributed by atoms with van der Waals surface area (Å²) in [6.45, 7) is 1.17. The Labute approximate surface area is 138 Å². The third-order valence-corrected chi connectivity index (χ3v) is 5.43. The molecular formula is C15H20N3O4S+. The van der Waals surface area contributed by atoms with Gasteiger partial charge in [0.05, 0.1) is 20.4 Å². The van der Waals surface area contributed by atoms with Gasteiger partial charge in [-0.2, -0.15) is 0 Å². The van der Waals surface area contributed by atoms with Gasteiger partial charge in [0.1, 0.15) is 30.2 Å². The maximum atomic E-state index is 11.9. The molecule has 1 aromatic rings. The summed E-state index contributed by atoms with van der Waals surface area (Å²) in [5, 5.41) is 9.31. The van der Waals surface area contributed by atoms with Crippen LogP contribution in [-0.4, -0.2) is 64.2 Å². The highest BCUT2D eigenvalue weighted by Gasteiger charge is 2.52. The monoisotopic (exact) mass is 338 g/mol. The number of likely N-dealkylation sites (N-methyl/N-ethyl adjacent to an activating group) is 1. The van der Waals surface area contributed by atoms with Crippen molar-refractivity contribution in [3.05, 3.63) is 35.4 Å². The van der Waals surface area contributed by atoms with Crippen molar-refractivity contribution >= 4 is 23.6 Å². The number of rotatable bonds is 5. The third kappa shape index (κ3) is 2.89. The smallest absolute Gasteiger partial charge is 0.352 e. The first kappa shape index (κ1) is 16.1. The van der Waals surface area contributed by atoms with E-state index in [1.54, 1.807) is 6.26 Å². The lowest BCUT2D eigenvalue weighted by Crippen LogP contribution is -2.68. The zero-order valence-corrected chi connectivity index (χ0v) is 13.9. The normalized spacial score (nSPS) is 24.5. The molecule has 3 rings (SSSR count). The fourth-order valence-corrected chi connectivity index (χ4v) is 4.38. The average molecular weight is 338 g/mol. The fraction of sp³-hybridized carbons (Fsp3) is 0.467. The van der Waals surface area contributed by atoms with E-state index in [2.05, 4.69) is 0 Å². The van der Waals surface area contributed by atoms with Crippen molar-refractivity contribution in [2.75, 3.05) is 26.4 Å². The number of nitrogens with zero attached hydrogens (tertiary/aromatic N) is 2. The van der Waals surface area contributed by atoms with Crippen LogP contribution in [0.4, 0.5) is 0 Å². The van der Waals surface area contributed by atoms with Crippen LogP contribution in [0, 0.1) is 0 Å². The molecule has 23 heavy (non-hydrogen) atoms. The number of furan rings is 1. The van der Waals surface area contributed by atoms with E-state index >= 15 is 0 Å². The molecule has 2 aliphatic rings. The number of quaternary nitrogens is 1. The Morgan fingerprint density at radius 1 is 1.52 bits per heavy atom. The lowest BCUT2D eigenvalue weighted by molar-refractivity contribution is -0.900. The van der Waals surface area contributed by atoms with E-state index in [-0.39, 0.29) is 17.0 Å². The molecule has 0 radical (unpaired) electrons. The second-order valence-corrected chi connectivity index (χ2v) is 7.63. The molecule has 7 nitrogen and oxygen atoms in total. The SMILES string of the molecule is C[N+](C)(CC1=C(C(=O)O)N2C(=O)C(N)C2SC1)Cc1ccco1. The van der Waals surface area contributed by atoms with Gasteiger partial charge in [-0.25, -0.2) is 4.79 Å². The maximum absolute atomic E-state index is 11.9. The van der Waals surface area contributed by atoms with Gasteiger partial charge in [-0.05, 0) is 12.1 Å². The molecule has 1 saturated heterocycles. The van der Waals surface area contributed by atoms with E-state index in [1.807, 2.05) is 26.2 Å². The summed E-state index contributed by atoms with van der Waals surface area (Å²) in [6, 6.07) is 3.13. The third-order valence-electron chi connectivity index (χ3n) is 4.07. The van der Waals surface area contributed by atoms with E-state index in [4.69, 9.17) is 10.2 Å². The molecule has 124 valence electrons. The highest BCUT2D eigenvalue weighted by atomic mass is 32.2. The molecule has 1 aromatic heterocycles. The molecule has 0 spiro atoms. The molecule has 2 unspecified atom stereocenters. The first-order valence-electron chi connectivity index (χ1n) is 7.30. The molecular weight excluding hydrogens is 318 g/mol. The zero-order valence-electron chi connectivity index (χ0n) is 13.1. The first-order valence-corrected chi connectivity index (χ1v) is 8.35. The van der Waals surface area contributed by atoms with Crippen LogP contribution in [0.15, 0.2) is 34.1 Å². The van der Waals surface area contributed by atoms with Gasteiger partial charge in [0, 0.05) is 11.3 Å². The second-order valence-electron chi connectivity index (χ2n) is 6.52. The number of fused-ring (bicyclic) bond motifs is 1. The number of aliphatic carboxylic acids is 1. The van der Waals surface area contributed by atoms with E-state index < -0.39 is 12.0 Å². The van der Waals surface area contributed by atoms with Crippen molar-refractivity contribution in [3.8, 4) is 0 Å². The standard InChI is InChI=1S/C15H19N3O4S/c1-18(2,7-10-4-3-5-22-10)6-9-8-23-14-11(16)13(19)17(14)12(9)15(20)21/h3-5,11,14H,6-8,16H2,1-2H3/p+1. The van der Waals surface area contributed by atoms with Gasteiger partial charge in [0.25, 0.3) is 0 Å². The number of carbonyl (C=O) groups is 2. The summed E-state index contributed by atoms with van der Waals surface area (Å²) in [4.78, 5) is 25.0. The summed E-state index contributed by atoms with van der Waals surface area (Å²) < 4.78 is 5.92. The van der Waals surface area contributed by atoms with Crippen LogP contribution < -0.4 is 5.73 Å². The molecule has 0 aromatic carbocycles. The minimum atomic E-state index is -1.07. The molecule has 0 aliphatic carbocycles. The van der Waals surface area contributed by atoms with Crippen LogP contribution in [0.3, 0.4) is 0 Å². The van der Waals surface area contributed by atoms with E-state index in [9.17, 15) is 14.7 Å². The van der Waals surface area contributed by atoms with Crippen molar-refractivity contribution < 1.29 is 23.6 Å². The molecule has 1 amide bonds. The number of β-lactam (4-membered cyclic amide) rings is 1. The lowest BCUT2D eigenvalue weighted by atomic mass is 10.0. The molecule has 1 fully saturated rings. The van der Waals surface area contributed by atoms with Gasteiger partial charge in [0.2, 0.25) is 5.91 Å². The van der Waals surface area contributed by atoms with Crippen molar-refractivity contribution in [1.29, 1.82) is 0 Å². The van der Waals surface area contributed by atoms with E-state index in [0.29, 0.717) is 23.3 Å². The predicted molar refractivity (Wildman–Crippen MR) is 85.1 cm³/mol. The van der Waals surface area contributed by atoms with Crippen LogP contribution in [-0.2, 0) is 16.1 Å². The quantitative estimate of drug-likeness (QED) is 0.597. The van der Waals surface area contributed by atoms with Crippen LogP contribution in [0.1, 0.15) is 5.76 Å². The summed E-state index contributed by atoms with van der Waals surface area (Å²) in [6.07, 6.45) is 1.62. The number of amides is 1. The van der Waals surface area contributed by atoms with Crippen molar-refractivity contribution in [3.63, 3.8) is 0 Å². The van der Waals surface area contributed by atoms with Crippen LogP contribution >= 0.6 is 11.8 Å². The highest BCUT2D eigenvalue weighted by molar-refractivity contribution is 8.00. The number of carboxylic acids is 1. The summed E-state index contributed by atoms with van der Waals surface area (Å²) >= 11 is 1.53. The number of nitrogens with two attached hydrogens (primary N) is 1. The molecule has 8 heteroatoms. The van der Waals surface area contributed by atoms with Gasteiger partial charge < -0.3 is 19.7 Å². The van der Waals surface area contributed by atoms with Gasteiger partial charge in [-0.1, -0.05) is 0 Å². The van der Waals surface area contributed by atoms with Crippen molar-refractivity contribution in [1.82, 2.24) is 4.90 Å². The van der Waals surface area contributed by atoms with Crippen molar-refractivity contribution in [2.24, 2.45) is 5.73 Å². The predicted octanol–water partition coefficient (Wildman–Crippen LogP) is 0.437. The van der Waals surface area contributed by atoms with Gasteiger partial charge in [-0.15, -0.1) is 11.8 Å². The fourth-order valence-electron chi connectivity index (χ4n) is 3.10. The number of hydrogen-bond acceptors (Lipinski definition) is 5. The second kappa shape index (κ2) is 5.70. The Kier molecular flexibility index (Phi) is 3.99. The van der Waals surface area contributed by atoms with Crippen LogP contribution in [0.25, 0.3) is 0 Å². The number of carbonyl (C=O) groups excluding carboxylic acids is 1. The summed E-state index contributed by atoms with van der Waals surface area (Å²) in [7, 11) is 4.02. The maximum Gasteiger partial charge on any atom is 0.352 e. The Hall–Kier alpha value is -1.77. The van der Waals surface area contributed by atoms with Gasteiger partial charge >= 0.3 is 5.97 Å². The molecule has 2 aliphatic heterocycles. The Morgan fingerprint density at radius 3 is 2.87 bits per heavy atom. The van der Waals surface area contributed by atoms with Crippen molar-refractivity contribution in [2.45, 2.75) is 18.0 Å². The zero-order chi connectivity index (χ0) is 16.8. The van der Waals surface area contributed by atoms with Gasteiger partial charge in [-0.3, -0.25) is 9.69 Å². The Morgan fingerprint density at radius 2 is 2.26 bits per heavy atom. The number of hydrogen-bond donors (Lipinski definition) is 2. The minimum absolute atomic E-state index is 0.103. The molecule has 0 saturated carbocycles. The highest BCUT2D eigenvalue weighted by Crippen LogP contribution is 2.39. The molecule has 3 heterocycles. The number of carboxylic acid groups (broad SMARTS) is 1. The van der Waals surface area contributed by atoms with E-state index in [1.165, 1.54) is 16.7 Å². The topological polar surface area (TPSA) is 96.8 Å². The molecule has 0 bridgehead atoms. The molecule has 3 N–H and O–H groups in total. The minimum Gasteiger partial charge on any atom is -0.477 e. The van der Waals surface area contributed by atoms with Crippen LogP contribution in [0.2, 0.25) is 0 Å². The summed E-state index contributed by atoms with van der Waals surface area (Å²) in [5.41, 5.74) is 6.62. The van der Waals surface area contributed by atoms with E-state index in [0.717, 1.165) is 11.3 Å². The average Bonchev–Trinajstić information content (AvgIpc) is 2.97. The molecule has 2 atom stereocenters. The Bertz CT molecular complexity index is 668. The lowest BCUT2D eigenvalue weighted by Gasteiger charge is -2.48. The largest absolute Gasteiger partial charge is 0.477 e. The first-order chi connectivity index (χ1) is 10.8. The van der Waals surface area contributed by atoms with Crippen LogP contribution in [0.5, 0.6) is 0 Å². The summed E-state index contributed by atoms with van der Waals surface area (Å²) in [5.74, 6) is 0.0386. The van der Waals surface area contributed by atoms with Gasteiger partial charge in [0.15, 0.2) is 5.76 Å². The number of thioether (sulfide) groups is 1.